The topological polar surface area (TPSA) is 87.7 Å². The summed E-state index contributed by atoms with van der Waals surface area (Å²) in [7, 11) is 1.35. The summed E-state index contributed by atoms with van der Waals surface area (Å²) in [5, 5.41) is 15.8. The van der Waals surface area contributed by atoms with Gasteiger partial charge in [-0.05, 0) is 55.4 Å². The van der Waals surface area contributed by atoms with E-state index in [0.29, 0.717) is 27.8 Å². The minimum atomic E-state index is -0.990. The van der Waals surface area contributed by atoms with Crippen molar-refractivity contribution >= 4 is 51.3 Å². The molecule has 0 spiro atoms. The number of ether oxygens (including phenoxy) is 1. The Hall–Kier alpha value is -2.45. The molecular weight excluding hydrogens is 360 g/mol. The second-order valence-electron chi connectivity index (χ2n) is 5.15. The van der Waals surface area contributed by atoms with Gasteiger partial charge in [0.05, 0.1) is 18.2 Å². The van der Waals surface area contributed by atoms with Crippen molar-refractivity contribution in [2.45, 2.75) is 20.3 Å². The van der Waals surface area contributed by atoms with Crippen molar-refractivity contribution in [3.05, 3.63) is 45.8 Å². The van der Waals surface area contributed by atoms with Gasteiger partial charge in [0.25, 0.3) is 0 Å². The minimum absolute atomic E-state index is 0.193. The first kappa shape index (κ1) is 18.9. The lowest BCUT2D eigenvalue weighted by Crippen LogP contribution is -2.20. The van der Waals surface area contributed by atoms with Crippen molar-refractivity contribution < 1.29 is 19.4 Å². The molecule has 1 aromatic heterocycles. The number of hydrogen-bond acceptors (Lipinski definition) is 5. The Morgan fingerprint density at radius 1 is 1.24 bits per heavy atom. The quantitative estimate of drug-likeness (QED) is 0.537. The molecule has 0 saturated carbocycles. The molecule has 0 fully saturated rings. The fourth-order valence-electron chi connectivity index (χ4n) is 2.37. The number of aromatic carboxylic acids is 1. The van der Waals surface area contributed by atoms with Gasteiger partial charge in [-0.25, -0.2) is 9.59 Å². The molecule has 1 heterocycles. The van der Waals surface area contributed by atoms with Crippen LogP contribution in [0.4, 0.5) is 10.7 Å². The van der Waals surface area contributed by atoms with E-state index in [1.54, 1.807) is 12.1 Å². The van der Waals surface area contributed by atoms with E-state index in [1.807, 2.05) is 13.8 Å². The molecule has 0 aliphatic heterocycles. The lowest BCUT2D eigenvalue weighted by atomic mass is 10.1. The van der Waals surface area contributed by atoms with Crippen LogP contribution < -0.4 is 10.6 Å². The van der Waals surface area contributed by atoms with Crippen molar-refractivity contribution in [3.8, 4) is 0 Å². The van der Waals surface area contributed by atoms with Gasteiger partial charge in [0, 0.05) is 10.6 Å². The molecule has 25 heavy (non-hydrogen) atoms. The number of anilines is 2. The van der Waals surface area contributed by atoms with Gasteiger partial charge >= 0.3 is 11.9 Å². The molecule has 0 unspecified atom stereocenters. The Labute approximate surface area is 154 Å². The number of aryl methyl sites for hydroxylation is 1. The van der Waals surface area contributed by atoms with Crippen molar-refractivity contribution in [2.24, 2.45) is 0 Å². The number of hydrogen-bond donors (Lipinski definition) is 3. The van der Waals surface area contributed by atoms with Crippen LogP contribution in [0, 0.1) is 6.92 Å². The van der Waals surface area contributed by atoms with Crippen LogP contribution in [-0.2, 0) is 11.2 Å². The average molecular weight is 378 g/mol. The summed E-state index contributed by atoms with van der Waals surface area (Å²) < 4.78 is 4.88. The third-order valence-corrected chi connectivity index (χ3v) is 4.84. The Morgan fingerprint density at radius 3 is 2.40 bits per heavy atom. The lowest BCUT2D eigenvalue weighted by molar-refractivity contribution is 0.0600. The predicted molar refractivity (Wildman–Crippen MR) is 103 cm³/mol. The largest absolute Gasteiger partial charge is 0.478 e. The maximum atomic E-state index is 12.1. The highest BCUT2D eigenvalue weighted by Gasteiger charge is 2.22. The SMILES string of the molecule is CCc1c(C)sc(NC(=S)Nc2ccc(C(=O)O)cc2)c1C(=O)OC. The summed E-state index contributed by atoms with van der Waals surface area (Å²) >= 11 is 6.73. The highest BCUT2D eigenvalue weighted by atomic mass is 32.1. The van der Waals surface area contributed by atoms with Gasteiger partial charge in [0.2, 0.25) is 0 Å². The molecule has 0 amide bonds. The third kappa shape index (κ3) is 4.34. The zero-order valence-electron chi connectivity index (χ0n) is 14.0. The van der Waals surface area contributed by atoms with Crippen LogP contribution in [0.1, 0.15) is 38.1 Å². The van der Waals surface area contributed by atoms with E-state index in [4.69, 9.17) is 22.1 Å². The molecule has 0 saturated heterocycles. The number of carboxylic acid groups (broad SMARTS) is 1. The zero-order valence-corrected chi connectivity index (χ0v) is 15.6. The molecule has 6 nitrogen and oxygen atoms in total. The van der Waals surface area contributed by atoms with E-state index in [9.17, 15) is 9.59 Å². The first-order valence-electron chi connectivity index (χ1n) is 7.49. The fraction of sp³-hybridized carbons (Fsp3) is 0.235. The molecule has 0 radical (unpaired) electrons. The molecule has 3 N–H and O–H groups in total. The Morgan fingerprint density at radius 2 is 1.88 bits per heavy atom. The molecule has 0 aliphatic rings. The molecule has 8 heteroatoms. The summed E-state index contributed by atoms with van der Waals surface area (Å²) in [6, 6.07) is 6.21. The van der Waals surface area contributed by atoms with E-state index in [0.717, 1.165) is 10.4 Å². The second kappa shape index (κ2) is 8.09. The van der Waals surface area contributed by atoms with Gasteiger partial charge in [0.1, 0.15) is 5.00 Å². The van der Waals surface area contributed by atoms with Crippen LogP contribution in [-0.4, -0.2) is 29.3 Å². The highest BCUT2D eigenvalue weighted by molar-refractivity contribution is 7.80. The van der Waals surface area contributed by atoms with Gasteiger partial charge < -0.3 is 20.5 Å². The fourth-order valence-corrected chi connectivity index (χ4v) is 3.79. The number of carboxylic acids is 1. The van der Waals surface area contributed by atoms with Gasteiger partial charge in [-0.15, -0.1) is 11.3 Å². The minimum Gasteiger partial charge on any atom is -0.478 e. The predicted octanol–water partition coefficient (Wildman–Crippen LogP) is 3.91. The summed E-state index contributed by atoms with van der Waals surface area (Å²) in [5.74, 6) is -1.39. The number of esters is 1. The first-order chi connectivity index (χ1) is 11.9. The zero-order chi connectivity index (χ0) is 18.6. The standard InChI is InChI=1S/C17H18N2O4S2/c1-4-12-9(2)25-14(13(12)16(22)23-3)19-17(24)18-11-7-5-10(6-8-11)15(20)21/h5-8H,4H2,1-3H3,(H,20,21)(H2,18,19,24). The third-order valence-electron chi connectivity index (χ3n) is 3.57. The average Bonchev–Trinajstić information content (AvgIpc) is 2.89. The van der Waals surface area contributed by atoms with Crippen LogP contribution >= 0.6 is 23.6 Å². The normalized spacial score (nSPS) is 10.2. The Balaban J connectivity index is 2.17. The van der Waals surface area contributed by atoms with E-state index < -0.39 is 11.9 Å². The molecular formula is C17H18N2O4S2. The maximum Gasteiger partial charge on any atom is 0.341 e. The van der Waals surface area contributed by atoms with E-state index >= 15 is 0 Å². The number of thiocarbonyl (C=S) groups is 1. The van der Waals surface area contributed by atoms with E-state index in [2.05, 4.69) is 10.6 Å². The molecule has 0 atom stereocenters. The van der Waals surface area contributed by atoms with Gasteiger partial charge in [0.15, 0.2) is 5.11 Å². The summed E-state index contributed by atoms with van der Waals surface area (Å²) in [6.07, 6.45) is 0.714. The summed E-state index contributed by atoms with van der Waals surface area (Å²) in [4.78, 5) is 24.0. The number of methoxy groups -OCH3 is 1. The maximum absolute atomic E-state index is 12.1. The number of rotatable bonds is 5. The van der Waals surface area contributed by atoms with Crippen molar-refractivity contribution in [1.82, 2.24) is 0 Å². The van der Waals surface area contributed by atoms with Crippen LogP contribution in [0.15, 0.2) is 24.3 Å². The summed E-state index contributed by atoms with van der Waals surface area (Å²) in [5.41, 5.74) is 2.27. The van der Waals surface area contributed by atoms with Crippen LogP contribution in [0.3, 0.4) is 0 Å². The number of thiophene rings is 1. The smallest absolute Gasteiger partial charge is 0.341 e. The number of carbonyl (C=O) groups excluding carboxylic acids is 1. The summed E-state index contributed by atoms with van der Waals surface area (Å²) in [6.45, 7) is 3.92. The van der Waals surface area contributed by atoms with Crippen LogP contribution in [0.5, 0.6) is 0 Å². The van der Waals surface area contributed by atoms with Gasteiger partial charge in [-0.3, -0.25) is 0 Å². The van der Waals surface area contributed by atoms with Crippen molar-refractivity contribution in [3.63, 3.8) is 0 Å². The monoisotopic (exact) mass is 378 g/mol. The molecule has 2 rings (SSSR count). The van der Waals surface area contributed by atoms with Crippen molar-refractivity contribution in [1.29, 1.82) is 0 Å². The van der Waals surface area contributed by atoms with Gasteiger partial charge in [-0.2, -0.15) is 0 Å². The number of nitrogens with one attached hydrogen (secondary N) is 2. The molecule has 2 aromatic rings. The molecule has 0 bridgehead atoms. The van der Waals surface area contributed by atoms with Crippen molar-refractivity contribution in [2.75, 3.05) is 17.7 Å². The molecule has 132 valence electrons. The lowest BCUT2D eigenvalue weighted by Gasteiger charge is -2.11. The molecule has 0 aliphatic carbocycles. The Kier molecular flexibility index (Phi) is 6.11. The Bertz CT molecular complexity index is 813. The second-order valence-corrected chi connectivity index (χ2v) is 6.78. The van der Waals surface area contributed by atoms with Crippen LogP contribution in [0.25, 0.3) is 0 Å². The van der Waals surface area contributed by atoms with Gasteiger partial charge in [-0.1, -0.05) is 6.92 Å². The highest BCUT2D eigenvalue weighted by Crippen LogP contribution is 2.34. The van der Waals surface area contributed by atoms with Crippen LogP contribution in [0.2, 0.25) is 0 Å². The first-order valence-corrected chi connectivity index (χ1v) is 8.71. The number of carbonyl (C=O) groups is 2. The molecule has 1 aromatic carbocycles. The van der Waals surface area contributed by atoms with E-state index in [-0.39, 0.29) is 5.56 Å². The van der Waals surface area contributed by atoms with E-state index in [1.165, 1.54) is 30.6 Å². The number of benzene rings is 1.